The third-order valence-electron chi connectivity index (χ3n) is 8.06. The van der Waals surface area contributed by atoms with E-state index in [2.05, 4.69) is 16.0 Å². The van der Waals surface area contributed by atoms with Gasteiger partial charge in [-0.05, 0) is 48.6 Å². The summed E-state index contributed by atoms with van der Waals surface area (Å²) in [6.45, 7) is 1.79. The first-order valence-corrected chi connectivity index (χ1v) is 15.6. The number of hydrogen-bond acceptors (Lipinski definition) is 7. The molecule has 1 saturated heterocycles. The van der Waals surface area contributed by atoms with E-state index in [0.717, 1.165) is 11.1 Å². The highest BCUT2D eigenvalue weighted by Gasteiger charge is 2.39. The van der Waals surface area contributed by atoms with E-state index in [1.54, 1.807) is 36.4 Å². The predicted molar refractivity (Wildman–Crippen MR) is 174 cm³/mol. The molecule has 3 aromatic rings. The van der Waals surface area contributed by atoms with Crippen LogP contribution in [0.5, 0.6) is 5.75 Å². The van der Waals surface area contributed by atoms with Gasteiger partial charge in [0.05, 0.1) is 6.04 Å². The number of carboxylic acid groups (broad SMARTS) is 1. The third kappa shape index (κ3) is 9.88. The fourth-order valence-corrected chi connectivity index (χ4v) is 5.52. The monoisotopic (exact) mass is 643 g/mol. The molecule has 7 N–H and O–H groups in total. The fraction of sp³-hybridized carbons (Fsp3) is 0.343. The maximum atomic E-state index is 13.9. The van der Waals surface area contributed by atoms with Gasteiger partial charge in [-0.3, -0.25) is 19.2 Å². The lowest BCUT2D eigenvalue weighted by Crippen LogP contribution is -2.58. The number of nitrogens with two attached hydrogens (primary N) is 1. The van der Waals surface area contributed by atoms with E-state index in [4.69, 9.17) is 5.73 Å². The average molecular weight is 644 g/mol. The van der Waals surface area contributed by atoms with E-state index >= 15 is 0 Å². The molecule has 0 saturated carbocycles. The summed E-state index contributed by atoms with van der Waals surface area (Å²) in [5.74, 6) is -3.44. The van der Waals surface area contributed by atoms with Crippen molar-refractivity contribution in [3.63, 3.8) is 0 Å². The smallest absolute Gasteiger partial charge is 0.326 e. The van der Waals surface area contributed by atoms with Crippen LogP contribution in [-0.4, -0.2) is 81.5 Å². The number of carboxylic acids is 1. The molecule has 248 valence electrons. The van der Waals surface area contributed by atoms with Gasteiger partial charge in [-0.25, -0.2) is 4.79 Å². The van der Waals surface area contributed by atoms with Crippen LogP contribution in [0.15, 0.2) is 84.9 Å². The second-order valence-corrected chi connectivity index (χ2v) is 11.8. The molecule has 1 fully saturated rings. The van der Waals surface area contributed by atoms with Gasteiger partial charge in [-0.15, -0.1) is 0 Å². The number of carbonyl (C=O) groups excluding carboxylic acids is 4. The number of benzene rings is 3. The lowest BCUT2D eigenvalue weighted by atomic mass is 10.0. The number of amides is 4. The Labute approximate surface area is 273 Å². The number of phenolic OH excluding ortho intramolecular Hbond substituents is 1. The minimum absolute atomic E-state index is 0.0254. The van der Waals surface area contributed by atoms with Crippen molar-refractivity contribution in [3.8, 4) is 5.75 Å². The fourth-order valence-electron chi connectivity index (χ4n) is 5.52. The highest BCUT2D eigenvalue weighted by Crippen LogP contribution is 2.21. The first-order chi connectivity index (χ1) is 22.5. The van der Waals surface area contributed by atoms with Crippen LogP contribution in [0.1, 0.15) is 36.5 Å². The molecule has 12 heteroatoms. The van der Waals surface area contributed by atoms with E-state index < -0.39 is 59.8 Å². The van der Waals surface area contributed by atoms with E-state index in [0.29, 0.717) is 18.4 Å². The molecule has 0 spiro atoms. The van der Waals surface area contributed by atoms with E-state index in [9.17, 15) is 34.2 Å². The minimum Gasteiger partial charge on any atom is -0.508 e. The van der Waals surface area contributed by atoms with Crippen LogP contribution in [0.4, 0.5) is 0 Å². The zero-order valence-electron chi connectivity index (χ0n) is 26.2. The van der Waals surface area contributed by atoms with Gasteiger partial charge in [-0.1, -0.05) is 72.8 Å². The van der Waals surface area contributed by atoms with Gasteiger partial charge < -0.3 is 36.8 Å². The Hall–Kier alpha value is -5.23. The quantitative estimate of drug-likeness (QED) is 0.151. The maximum absolute atomic E-state index is 13.9. The van der Waals surface area contributed by atoms with Gasteiger partial charge in [-0.2, -0.15) is 0 Å². The van der Waals surface area contributed by atoms with Crippen LogP contribution >= 0.6 is 0 Å². The number of aromatic hydroxyl groups is 1. The number of likely N-dealkylation sites (tertiary alicyclic amines) is 1. The van der Waals surface area contributed by atoms with Gasteiger partial charge in [0.1, 0.15) is 29.9 Å². The number of nitrogens with zero attached hydrogens (tertiary/aromatic N) is 1. The van der Waals surface area contributed by atoms with Crippen LogP contribution in [0.3, 0.4) is 0 Å². The van der Waals surface area contributed by atoms with Crippen molar-refractivity contribution in [1.82, 2.24) is 20.9 Å². The maximum Gasteiger partial charge on any atom is 0.326 e. The Morgan fingerprint density at radius 3 is 1.81 bits per heavy atom. The largest absolute Gasteiger partial charge is 0.508 e. The molecular formula is C35H41N5O7. The summed E-state index contributed by atoms with van der Waals surface area (Å²) >= 11 is 0. The molecule has 1 heterocycles. The molecule has 4 amide bonds. The lowest BCUT2D eigenvalue weighted by molar-refractivity contribution is -0.143. The van der Waals surface area contributed by atoms with E-state index in [1.807, 2.05) is 36.4 Å². The average Bonchev–Trinajstić information content (AvgIpc) is 3.55. The summed E-state index contributed by atoms with van der Waals surface area (Å²) in [5, 5.41) is 27.5. The van der Waals surface area contributed by atoms with Crippen molar-refractivity contribution in [2.75, 3.05) is 6.54 Å². The Morgan fingerprint density at radius 2 is 1.26 bits per heavy atom. The Balaban J connectivity index is 1.52. The van der Waals surface area contributed by atoms with Gasteiger partial charge >= 0.3 is 5.97 Å². The Bertz CT molecular complexity index is 1530. The van der Waals surface area contributed by atoms with Gasteiger partial charge in [0.25, 0.3) is 0 Å². The normalized spacial score (nSPS) is 16.7. The summed E-state index contributed by atoms with van der Waals surface area (Å²) in [4.78, 5) is 67.4. The summed E-state index contributed by atoms with van der Waals surface area (Å²) < 4.78 is 0. The molecule has 3 aromatic carbocycles. The summed E-state index contributed by atoms with van der Waals surface area (Å²) in [6.07, 6.45) is 1.10. The number of rotatable bonds is 14. The molecule has 1 aliphatic heterocycles. The highest BCUT2D eigenvalue weighted by atomic mass is 16.4. The number of nitrogens with one attached hydrogen (secondary N) is 3. The highest BCUT2D eigenvalue weighted by molar-refractivity contribution is 5.96. The second-order valence-electron chi connectivity index (χ2n) is 11.8. The van der Waals surface area contributed by atoms with Crippen molar-refractivity contribution >= 4 is 29.6 Å². The minimum atomic E-state index is -1.31. The van der Waals surface area contributed by atoms with Crippen LogP contribution in [0, 0.1) is 0 Å². The van der Waals surface area contributed by atoms with Gasteiger partial charge in [0, 0.05) is 25.8 Å². The SMILES string of the molecule is C[C@H](N)C(=O)N[C@@H](Cc1ccccc1)C(=O)N1CCC[C@H]1C(=O)N[C@@H](Cc1ccccc1)C(=O)N[C@@H](Cc1ccc(O)cc1)C(=O)O. The summed E-state index contributed by atoms with van der Waals surface area (Å²) in [7, 11) is 0. The van der Waals surface area contributed by atoms with Crippen molar-refractivity contribution in [2.24, 2.45) is 5.73 Å². The molecule has 1 aliphatic rings. The Kier molecular flexibility index (Phi) is 12.1. The van der Waals surface area contributed by atoms with Crippen molar-refractivity contribution in [2.45, 2.75) is 69.2 Å². The molecular weight excluding hydrogens is 602 g/mol. The van der Waals surface area contributed by atoms with Crippen LogP contribution < -0.4 is 21.7 Å². The molecule has 0 bridgehead atoms. The standard InChI is InChI=1S/C35H41N5O7/c1-22(36)31(42)38-28(20-24-11-6-3-7-12-24)34(45)40-18-8-13-30(40)33(44)37-27(19-23-9-4-2-5-10-23)32(43)39-29(35(46)47)21-25-14-16-26(41)17-15-25/h2-7,9-12,14-17,22,27-30,41H,8,13,18-21,36H2,1H3,(H,37,44)(H,38,42)(H,39,43)(H,46,47)/t22-,27-,28-,29-,30-/m0/s1. The number of phenols is 1. The summed E-state index contributed by atoms with van der Waals surface area (Å²) in [5.41, 5.74) is 7.90. The van der Waals surface area contributed by atoms with Gasteiger partial charge in [0.15, 0.2) is 0 Å². The second kappa shape index (κ2) is 16.4. The lowest BCUT2D eigenvalue weighted by Gasteiger charge is -2.30. The molecule has 4 rings (SSSR count). The van der Waals surface area contributed by atoms with Crippen LogP contribution in [0.25, 0.3) is 0 Å². The number of aliphatic carboxylic acids is 1. The van der Waals surface area contributed by atoms with Gasteiger partial charge in [0.2, 0.25) is 23.6 Å². The molecule has 0 aliphatic carbocycles. The Morgan fingerprint density at radius 1 is 0.745 bits per heavy atom. The first-order valence-electron chi connectivity index (χ1n) is 15.6. The van der Waals surface area contributed by atoms with Crippen molar-refractivity contribution in [1.29, 1.82) is 0 Å². The van der Waals surface area contributed by atoms with Crippen LogP contribution in [-0.2, 0) is 43.2 Å². The van der Waals surface area contributed by atoms with E-state index in [1.165, 1.54) is 24.0 Å². The molecule has 0 unspecified atom stereocenters. The molecule has 0 aromatic heterocycles. The molecule has 5 atom stereocenters. The zero-order chi connectivity index (χ0) is 33.9. The van der Waals surface area contributed by atoms with E-state index in [-0.39, 0.29) is 31.6 Å². The topological polar surface area (TPSA) is 191 Å². The third-order valence-corrected chi connectivity index (χ3v) is 8.06. The number of hydrogen-bond donors (Lipinski definition) is 6. The first kappa shape index (κ1) is 34.6. The molecule has 47 heavy (non-hydrogen) atoms. The van der Waals surface area contributed by atoms with Crippen LogP contribution in [0.2, 0.25) is 0 Å². The summed E-state index contributed by atoms with van der Waals surface area (Å²) in [6, 6.07) is 18.9. The predicted octanol–water partition coefficient (Wildman–Crippen LogP) is 1.30. The number of carbonyl (C=O) groups is 5. The van der Waals surface area contributed by atoms with Crippen molar-refractivity contribution in [3.05, 3.63) is 102 Å². The molecule has 0 radical (unpaired) electrons. The zero-order valence-corrected chi connectivity index (χ0v) is 26.2. The molecule has 12 nitrogen and oxygen atoms in total. The van der Waals surface area contributed by atoms with Crippen molar-refractivity contribution < 1.29 is 34.2 Å².